The molecule has 0 saturated carbocycles. The Balaban J connectivity index is 1.68. The lowest BCUT2D eigenvalue weighted by Gasteiger charge is -2.12. The minimum Gasteiger partial charge on any atom is -0.455 e. The number of benzene rings is 2. The van der Waals surface area contributed by atoms with E-state index in [-0.39, 0.29) is 0 Å². The third-order valence-electron chi connectivity index (χ3n) is 3.12. The van der Waals surface area contributed by atoms with E-state index in [9.17, 15) is 4.79 Å². The fraction of sp³-hybridized carbons (Fsp3) is 0.118. The summed E-state index contributed by atoms with van der Waals surface area (Å²) in [6, 6.07) is 17.3. The quantitative estimate of drug-likeness (QED) is 0.793. The van der Waals surface area contributed by atoms with E-state index in [2.05, 4.69) is 0 Å². The average molecular weight is 266 g/mol. The zero-order valence-corrected chi connectivity index (χ0v) is 10.9. The van der Waals surface area contributed by atoms with Crippen molar-refractivity contribution in [3.63, 3.8) is 0 Å². The number of carbonyl (C=O) groups excluding carboxylic acids is 1. The van der Waals surface area contributed by atoms with Gasteiger partial charge in [-0.15, -0.1) is 0 Å². The van der Waals surface area contributed by atoms with Crippen LogP contribution < -0.4 is 0 Å². The number of hydrogen-bond donors (Lipinski definition) is 0. The Kier molecular flexibility index (Phi) is 3.50. The number of allylic oxidation sites excluding steroid dienone is 1. The number of aldehydes is 1. The van der Waals surface area contributed by atoms with E-state index in [4.69, 9.17) is 9.47 Å². The summed E-state index contributed by atoms with van der Waals surface area (Å²) < 4.78 is 11.3. The number of rotatable bonds is 4. The Morgan fingerprint density at radius 3 is 2.70 bits per heavy atom. The number of carbonyl (C=O) groups is 1. The second-order valence-corrected chi connectivity index (χ2v) is 4.62. The molecule has 20 heavy (non-hydrogen) atoms. The lowest BCUT2D eigenvalue weighted by atomic mass is 10.1. The van der Waals surface area contributed by atoms with Gasteiger partial charge >= 0.3 is 0 Å². The lowest BCUT2D eigenvalue weighted by Crippen LogP contribution is -2.01. The first-order valence-electron chi connectivity index (χ1n) is 6.45. The van der Waals surface area contributed by atoms with Crippen LogP contribution in [0, 0.1) is 0 Å². The summed E-state index contributed by atoms with van der Waals surface area (Å²) in [4.78, 5) is 10.8. The highest BCUT2D eigenvalue weighted by Crippen LogP contribution is 2.30. The number of ether oxygens (including phenoxy) is 2. The van der Waals surface area contributed by atoms with Crippen LogP contribution in [0.3, 0.4) is 0 Å². The molecule has 100 valence electrons. The monoisotopic (exact) mass is 266 g/mol. The normalized spacial score (nSPS) is 17.0. The largest absolute Gasteiger partial charge is 0.455 e. The van der Waals surface area contributed by atoms with Gasteiger partial charge in [-0.05, 0) is 11.6 Å². The molecule has 0 aliphatic carbocycles. The highest BCUT2D eigenvalue weighted by Gasteiger charge is 2.21. The molecule has 1 unspecified atom stereocenters. The maximum atomic E-state index is 10.8. The molecule has 1 aliphatic heterocycles. The van der Waals surface area contributed by atoms with Crippen molar-refractivity contribution >= 4 is 6.29 Å². The molecule has 1 atom stereocenters. The van der Waals surface area contributed by atoms with Gasteiger partial charge in [0.05, 0.1) is 0 Å². The van der Waals surface area contributed by atoms with Crippen molar-refractivity contribution < 1.29 is 14.3 Å². The Hall–Kier alpha value is -2.55. The first kappa shape index (κ1) is 12.5. The van der Waals surface area contributed by atoms with Crippen molar-refractivity contribution in [2.24, 2.45) is 0 Å². The van der Waals surface area contributed by atoms with E-state index in [0.29, 0.717) is 12.0 Å². The molecule has 3 nitrogen and oxygen atoms in total. The molecule has 0 radical (unpaired) electrons. The second kappa shape index (κ2) is 5.61. The van der Waals surface area contributed by atoms with Crippen molar-refractivity contribution in [3.8, 4) is 0 Å². The molecule has 3 rings (SSSR count). The van der Waals surface area contributed by atoms with Gasteiger partial charge < -0.3 is 9.47 Å². The van der Waals surface area contributed by atoms with Crippen LogP contribution >= 0.6 is 0 Å². The predicted molar refractivity (Wildman–Crippen MR) is 75.0 cm³/mol. The Morgan fingerprint density at radius 2 is 1.90 bits per heavy atom. The Labute approximate surface area is 117 Å². The van der Waals surface area contributed by atoms with Crippen molar-refractivity contribution in [1.29, 1.82) is 0 Å². The molecule has 2 aromatic carbocycles. The molecule has 0 aromatic heterocycles. The predicted octanol–water partition coefficient (Wildman–Crippen LogP) is 3.63. The van der Waals surface area contributed by atoms with Crippen LogP contribution in [0.1, 0.15) is 27.8 Å². The van der Waals surface area contributed by atoms with Gasteiger partial charge in [0, 0.05) is 17.5 Å². The van der Waals surface area contributed by atoms with Gasteiger partial charge in [0.15, 0.2) is 0 Å². The highest BCUT2D eigenvalue weighted by atomic mass is 16.7. The number of hydrogen-bond acceptors (Lipinski definition) is 3. The maximum absolute atomic E-state index is 10.8. The van der Waals surface area contributed by atoms with Gasteiger partial charge in [-0.25, -0.2) is 0 Å². The van der Waals surface area contributed by atoms with Gasteiger partial charge in [-0.1, -0.05) is 48.5 Å². The molecule has 0 bridgehead atoms. The van der Waals surface area contributed by atoms with Gasteiger partial charge in [-0.3, -0.25) is 4.79 Å². The average Bonchev–Trinajstić information content (AvgIpc) is 2.97. The summed E-state index contributed by atoms with van der Waals surface area (Å²) in [7, 11) is 0. The fourth-order valence-electron chi connectivity index (χ4n) is 2.14. The van der Waals surface area contributed by atoms with E-state index < -0.39 is 6.29 Å². The first-order valence-corrected chi connectivity index (χ1v) is 6.45. The maximum Gasteiger partial charge on any atom is 0.266 e. The Morgan fingerprint density at radius 1 is 1.05 bits per heavy atom. The third-order valence-corrected chi connectivity index (χ3v) is 3.12. The van der Waals surface area contributed by atoms with Crippen molar-refractivity contribution in [3.05, 3.63) is 83.3 Å². The van der Waals surface area contributed by atoms with E-state index in [1.807, 2.05) is 42.5 Å². The highest BCUT2D eigenvalue weighted by molar-refractivity contribution is 5.74. The summed E-state index contributed by atoms with van der Waals surface area (Å²) in [6.07, 6.45) is 2.70. The summed E-state index contributed by atoms with van der Waals surface area (Å²) in [5, 5.41) is 0. The first-order chi connectivity index (χ1) is 9.85. The van der Waals surface area contributed by atoms with Gasteiger partial charge in [0.2, 0.25) is 0 Å². The zero-order chi connectivity index (χ0) is 13.8. The smallest absolute Gasteiger partial charge is 0.266 e. The van der Waals surface area contributed by atoms with Gasteiger partial charge in [0.25, 0.3) is 6.29 Å². The molecule has 0 fully saturated rings. The lowest BCUT2D eigenvalue weighted by molar-refractivity contribution is -0.0347. The summed E-state index contributed by atoms with van der Waals surface area (Å²) in [6.45, 7) is 0. The fourth-order valence-corrected chi connectivity index (χ4v) is 2.14. The molecule has 2 aromatic rings. The third kappa shape index (κ3) is 2.72. The minimum absolute atomic E-state index is 0.464. The summed E-state index contributed by atoms with van der Waals surface area (Å²) in [5.41, 5.74) is 2.63. The topological polar surface area (TPSA) is 35.5 Å². The molecule has 0 saturated heterocycles. The molecular formula is C17H14O3. The molecule has 1 heterocycles. The van der Waals surface area contributed by atoms with Crippen molar-refractivity contribution in [2.75, 3.05) is 0 Å². The van der Waals surface area contributed by atoms with E-state index in [0.717, 1.165) is 17.6 Å². The van der Waals surface area contributed by atoms with Gasteiger partial charge in [-0.2, -0.15) is 0 Å². The van der Waals surface area contributed by atoms with Crippen LogP contribution in [-0.2, 0) is 15.9 Å². The molecule has 0 amide bonds. The molecule has 3 heteroatoms. The van der Waals surface area contributed by atoms with Crippen molar-refractivity contribution in [2.45, 2.75) is 12.7 Å². The summed E-state index contributed by atoms with van der Waals surface area (Å²) >= 11 is 0. The minimum atomic E-state index is -0.464. The zero-order valence-electron chi connectivity index (χ0n) is 10.9. The molecular weight excluding hydrogens is 252 g/mol. The standard InChI is InChI=1S/C17H14O3/c18-11-14-7-4-8-15(9-14)17-19-12-16(20-17)10-13-5-2-1-3-6-13/h1-9,11-12,17H,10H2. The molecule has 1 aliphatic rings. The van der Waals surface area contributed by atoms with Crippen LogP contribution in [0.15, 0.2) is 66.6 Å². The van der Waals surface area contributed by atoms with Crippen molar-refractivity contribution in [1.82, 2.24) is 0 Å². The summed E-state index contributed by atoms with van der Waals surface area (Å²) in [5.74, 6) is 0.790. The van der Waals surface area contributed by atoms with Crippen LogP contribution in [0.5, 0.6) is 0 Å². The van der Waals surface area contributed by atoms with Crippen LogP contribution in [-0.4, -0.2) is 6.29 Å². The molecule has 0 spiro atoms. The Bertz CT molecular complexity index is 632. The van der Waals surface area contributed by atoms with E-state index in [1.54, 1.807) is 18.4 Å². The van der Waals surface area contributed by atoms with E-state index >= 15 is 0 Å². The SMILES string of the molecule is O=Cc1cccc(C2OC=C(Cc3ccccc3)O2)c1. The van der Waals surface area contributed by atoms with E-state index in [1.165, 1.54) is 5.56 Å². The van der Waals surface area contributed by atoms with Crippen LogP contribution in [0.2, 0.25) is 0 Å². The molecule has 0 N–H and O–H groups in total. The van der Waals surface area contributed by atoms with Crippen LogP contribution in [0.4, 0.5) is 0 Å². The second-order valence-electron chi connectivity index (χ2n) is 4.62. The van der Waals surface area contributed by atoms with Gasteiger partial charge in [0.1, 0.15) is 18.3 Å². The van der Waals surface area contributed by atoms with Crippen LogP contribution in [0.25, 0.3) is 0 Å².